The number of ketones is 1. The smallest absolute Gasteiger partial charge is 0.243 e. The SMILES string of the molecule is CCC(=O)c1cccc(S(=O)(=O)N2CCC(c3nn[nH]n3)CC2)c1. The molecule has 2 heterocycles. The summed E-state index contributed by atoms with van der Waals surface area (Å²) in [6.45, 7) is 2.55. The van der Waals surface area contributed by atoms with Crippen LogP contribution in [0, 0.1) is 0 Å². The number of tetrazole rings is 1. The van der Waals surface area contributed by atoms with Gasteiger partial charge in [-0.25, -0.2) is 8.42 Å². The van der Waals surface area contributed by atoms with Gasteiger partial charge in [-0.3, -0.25) is 4.79 Å². The van der Waals surface area contributed by atoms with Gasteiger partial charge in [0.2, 0.25) is 10.0 Å². The molecule has 0 saturated carbocycles. The molecule has 0 amide bonds. The van der Waals surface area contributed by atoms with Crippen LogP contribution in [0.15, 0.2) is 29.2 Å². The fourth-order valence-corrected chi connectivity index (χ4v) is 4.40. The number of hydrogen-bond donors (Lipinski definition) is 1. The second-order valence-corrected chi connectivity index (χ2v) is 7.69. The van der Waals surface area contributed by atoms with E-state index in [0.717, 1.165) is 0 Å². The van der Waals surface area contributed by atoms with Crippen LogP contribution in [0.5, 0.6) is 0 Å². The van der Waals surface area contributed by atoms with Gasteiger partial charge in [-0.15, -0.1) is 10.2 Å². The van der Waals surface area contributed by atoms with Crippen LogP contribution in [0.25, 0.3) is 0 Å². The predicted octanol–water partition coefficient (Wildman–Crippen LogP) is 1.36. The molecule has 1 aliphatic heterocycles. The molecule has 1 N–H and O–H groups in total. The minimum absolute atomic E-state index is 0.0668. The molecule has 24 heavy (non-hydrogen) atoms. The number of Topliss-reactive ketones (excluding diaryl/α,β-unsaturated/α-hetero) is 1. The third-order valence-corrected chi connectivity index (χ3v) is 6.19. The van der Waals surface area contributed by atoms with E-state index in [0.29, 0.717) is 43.7 Å². The maximum Gasteiger partial charge on any atom is 0.243 e. The first-order chi connectivity index (χ1) is 11.5. The molecule has 1 aromatic heterocycles. The molecule has 0 unspecified atom stereocenters. The van der Waals surface area contributed by atoms with Crippen molar-refractivity contribution in [3.05, 3.63) is 35.7 Å². The summed E-state index contributed by atoms with van der Waals surface area (Å²) in [5.74, 6) is 0.675. The van der Waals surface area contributed by atoms with Crippen molar-refractivity contribution >= 4 is 15.8 Å². The largest absolute Gasteiger partial charge is 0.294 e. The van der Waals surface area contributed by atoms with Gasteiger partial charge in [-0.05, 0) is 25.0 Å². The Morgan fingerprint density at radius 1 is 1.33 bits per heavy atom. The summed E-state index contributed by atoms with van der Waals surface area (Å²) >= 11 is 0. The highest BCUT2D eigenvalue weighted by Crippen LogP contribution is 2.28. The van der Waals surface area contributed by atoms with Gasteiger partial charge in [-0.2, -0.15) is 9.52 Å². The van der Waals surface area contributed by atoms with E-state index < -0.39 is 10.0 Å². The lowest BCUT2D eigenvalue weighted by molar-refractivity contribution is 0.0988. The van der Waals surface area contributed by atoms with E-state index in [4.69, 9.17) is 0 Å². The van der Waals surface area contributed by atoms with E-state index in [1.54, 1.807) is 19.1 Å². The first kappa shape index (κ1) is 16.7. The maximum absolute atomic E-state index is 12.8. The number of carbonyl (C=O) groups is 1. The van der Waals surface area contributed by atoms with Gasteiger partial charge in [0, 0.05) is 31.0 Å². The van der Waals surface area contributed by atoms with E-state index in [1.165, 1.54) is 16.4 Å². The van der Waals surface area contributed by atoms with Crippen LogP contribution in [-0.4, -0.2) is 52.2 Å². The fraction of sp³-hybridized carbons (Fsp3) is 0.467. The number of H-pyrrole nitrogens is 1. The van der Waals surface area contributed by atoms with Crippen LogP contribution in [0.1, 0.15) is 48.3 Å². The Morgan fingerprint density at radius 3 is 2.71 bits per heavy atom. The Hall–Kier alpha value is -2.13. The number of benzene rings is 1. The zero-order valence-electron chi connectivity index (χ0n) is 13.3. The number of carbonyl (C=O) groups excluding carboxylic acids is 1. The Balaban J connectivity index is 1.76. The van der Waals surface area contributed by atoms with E-state index in [9.17, 15) is 13.2 Å². The lowest BCUT2D eigenvalue weighted by Crippen LogP contribution is -2.38. The molecule has 8 nitrogen and oxygen atoms in total. The quantitative estimate of drug-likeness (QED) is 0.816. The van der Waals surface area contributed by atoms with Crippen molar-refractivity contribution in [2.45, 2.75) is 37.0 Å². The van der Waals surface area contributed by atoms with Crippen molar-refractivity contribution in [2.75, 3.05) is 13.1 Å². The first-order valence-corrected chi connectivity index (χ1v) is 9.33. The summed E-state index contributed by atoms with van der Waals surface area (Å²) in [6.07, 6.45) is 1.64. The topological polar surface area (TPSA) is 109 Å². The average molecular weight is 349 g/mol. The highest BCUT2D eigenvalue weighted by atomic mass is 32.2. The number of hydrogen-bond acceptors (Lipinski definition) is 6. The highest BCUT2D eigenvalue weighted by molar-refractivity contribution is 7.89. The van der Waals surface area contributed by atoms with E-state index >= 15 is 0 Å². The molecule has 0 aliphatic carbocycles. The molecule has 1 aromatic carbocycles. The van der Waals surface area contributed by atoms with Crippen molar-refractivity contribution < 1.29 is 13.2 Å². The molecule has 1 fully saturated rings. The van der Waals surface area contributed by atoms with E-state index in [1.807, 2.05) is 0 Å². The van der Waals surface area contributed by atoms with Gasteiger partial charge in [0.05, 0.1) is 4.90 Å². The lowest BCUT2D eigenvalue weighted by Gasteiger charge is -2.29. The molecule has 1 aliphatic rings. The number of sulfonamides is 1. The van der Waals surface area contributed by atoms with Gasteiger partial charge in [-0.1, -0.05) is 24.3 Å². The van der Waals surface area contributed by atoms with Crippen molar-refractivity contribution in [2.24, 2.45) is 0 Å². The average Bonchev–Trinajstić information content (AvgIpc) is 3.16. The van der Waals surface area contributed by atoms with Gasteiger partial charge < -0.3 is 0 Å². The number of aromatic amines is 1. The van der Waals surface area contributed by atoms with Crippen LogP contribution in [0.3, 0.4) is 0 Å². The molecule has 1 saturated heterocycles. The summed E-state index contributed by atoms with van der Waals surface area (Å²) in [6, 6.07) is 6.26. The van der Waals surface area contributed by atoms with Crippen LogP contribution >= 0.6 is 0 Å². The molecule has 0 radical (unpaired) electrons. The lowest BCUT2D eigenvalue weighted by atomic mass is 9.98. The number of nitrogens with zero attached hydrogens (tertiary/aromatic N) is 4. The molecule has 0 bridgehead atoms. The van der Waals surface area contributed by atoms with E-state index in [-0.39, 0.29) is 16.6 Å². The fourth-order valence-electron chi connectivity index (χ4n) is 2.88. The van der Waals surface area contributed by atoms with Crippen LogP contribution in [-0.2, 0) is 10.0 Å². The van der Waals surface area contributed by atoms with Crippen molar-refractivity contribution in [3.8, 4) is 0 Å². The molecule has 0 atom stereocenters. The van der Waals surface area contributed by atoms with Crippen molar-refractivity contribution in [1.82, 2.24) is 24.9 Å². The third kappa shape index (κ3) is 3.22. The standard InChI is InChI=1S/C15H19N5O3S/c1-2-14(21)12-4-3-5-13(10-12)24(22,23)20-8-6-11(7-9-20)15-16-18-19-17-15/h3-5,10-11H,2,6-9H2,1H3,(H,16,17,18,19). The number of rotatable bonds is 5. The third-order valence-electron chi connectivity index (χ3n) is 4.30. The number of aromatic nitrogens is 4. The molecule has 9 heteroatoms. The minimum atomic E-state index is -3.60. The second kappa shape index (κ2) is 6.78. The zero-order valence-corrected chi connectivity index (χ0v) is 14.2. The monoisotopic (exact) mass is 349 g/mol. The van der Waals surface area contributed by atoms with Crippen LogP contribution < -0.4 is 0 Å². The van der Waals surface area contributed by atoms with Crippen molar-refractivity contribution in [3.63, 3.8) is 0 Å². The molecule has 0 spiro atoms. The molecule has 128 valence electrons. The van der Waals surface area contributed by atoms with Crippen molar-refractivity contribution in [1.29, 1.82) is 0 Å². The normalized spacial score (nSPS) is 17.0. The summed E-state index contributed by atoms with van der Waals surface area (Å²) < 4.78 is 27.1. The van der Waals surface area contributed by atoms with Gasteiger partial charge >= 0.3 is 0 Å². The number of piperidine rings is 1. The Kier molecular flexibility index (Phi) is 4.72. The number of nitrogens with one attached hydrogen (secondary N) is 1. The molecular formula is C15H19N5O3S. The first-order valence-electron chi connectivity index (χ1n) is 7.89. The van der Waals surface area contributed by atoms with Gasteiger partial charge in [0.1, 0.15) is 0 Å². The predicted molar refractivity (Wildman–Crippen MR) is 86.0 cm³/mol. The minimum Gasteiger partial charge on any atom is -0.294 e. The zero-order chi connectivity index (χ0) is 17.2. The van der Waals surface area contributed by atoms with Gasteiger partial charge in [0.15, 0.2) is 11.6 Å². The van der Waals surface area contributed by atoms with E-state index in [2.05, 4.69) is 20.6 Å². The van der Waals surface area contributed by atoms with Crippen LogP contribution in [0.2, 0.25) is 0 Å². The van der Waals surface area contributed by atoms with Crippen LogP contribution in [0.4, 0.5) is 0 Å². The highest BCUT2D eigenvalue weighted by Gasteiger charge is 2.31. The summed E-state index contributed by atoms with van der Waals surface area (Å²) in [5.41, 5.74) is 0.431. The molecule has 2 aromatic rings. The Labute approximate surface area is 140 Å². The van der Waals surface area contributed by atoms with Gasteiger partial charge in [0.25, 0.3) is 0 Å². The summed E-state index contributed by atoms with van der Waals surface area (Å²) in [4.78, 5) is 12.0. The maximum atomic E-state index is 12.8. The molecular weight excluding hydrogens is 330 g/mol. The Bertz CT molecular complexity index is 811. The summed E-state index contributed by atoms with van der Waals surface area (Å²) in [7, 11) is -3.60. The second-order valence-electron chi connectivity index (χ2n) is 5.75. The summed E-state index contributed by atoms with van der Waals surface area (Å²) in [5, 5.41) is 13.9. The Morgan fingerprint density at radius 2 is 2.08 bits per heavy atom. The molecule has 3 rings (SSSR count).